The molecule has 0 amide bonds. The minimum absolute atomic E-state index is 0.690. The fraction of sp³-hybridized carbons (Fsp3) is 0.160. The van der Waals surface area contributed by atoms with Gasteiger partial charge in [-0.25, -0.2) is 4.98 Å². The Kier molecular flexibility index (Phi) is 5.61. The number of methoxy groups -OCH3 is 2. The molecule has 146 valence electrons. The van der Waals surface area contributed by atoms with E-state index in [1.54, 1.807) is 14.2 Å². The quantitative estimate of drug-likeness (QED) is 0.403. The fourth-order valence-corrected chi connectivity index (χ4v) is 3.41. The van der Waals surface area contributed by atoms with Crippen LogP contribution in [0.3, 0.4) is 0 Å². The predicted octanol–water partition coefficient (Wildman–Crippen LogP) is 5.81. The minimum atomic E-state index is 0.690. The zero-order valence-electron chi connectivity index (χ0n) is 16.6. The van der Waals surface area contributed by atoms with E-state index in [9.17, 15) is 0 Å². The second-order valence-electron chi connectivity index (χ2n) is 6.67. The molecule has 4 heteroatoms. The van der Waals surface area contributed by atoms with Gasteiger partial charge in [0.1, 0.15) is 17.2 Å². The maximum atomic E-state index is 6.25. The van der Waals surface area contributed by atoms with Crippen molar-refractivity contribution in [1.82, 2.24) is 4.98 Å². The SMILES string of the molecule is COc1cccc(OC)c1-c1nc(CCc2ccccc2)oc1-c1ccccc1. The highest BCUT2D eigenvalue weighted by atomic mass is 16.5. The van der Waals surface area contributed by atoms with Crippen molar-refractivity contribution >= 4 is 0 Å². The Hall–Kier alpha value is -3.53. The molecule has 0 bridgehead atoms. The van der Waals surface area contributed by atoms with Gasteiger partial charge in [0, 0.05) is 12.0 Å². The van der Waals surface area contributed by atoms with Gasteiger partial charge in [-0.15, -0.1) is 0 Å². The van der Waals surface area contributed by atoms with Crippen LogP contribution in [0.5, 0.6) is 11.5 Å². The van der Waals surface area contributed by atoms with E-state index in [0.717, 1.165) is 29.0 Å². The van der Waals surface area contributed by atoms with E-state index >= 15 is 0 Å². The van der Waals surface area contributed by atoms with Crippen molar-refractivity contribution in [3.8, 4) is 34.1 Å². The zero-order chi connectivity index (χ0) is 20.1. The molecule has 0 radical (unpaired) electrons. The molecule has 4 aromatic rings. The summed E-state index contributed by atoms with van der Waals surface area (Å²) >= 11 is 0. The Labute approximate surface area is 170 Å². The van der Waals surface area contributed by atoms with Gasteiger partial charge in [0.05, 0.1) is 19.8 Å². The number of ether oxygens (including phenoxy) is 2. The maximum Gasteiger partial charge on any atom is 0.195 e. The molecule has 0 aliphatic heterocycles. The third-order valence-electron chi connectivity index (χ3n) is 4.84. The molecule has 0 aliphatic carbocycles. The summed E-state index contributed by atoms with van der Waals surface area (Å²) in [4.78, 5) is 4.86. The van der Waals surface area contributed by atoms with Gasteiger partial charge in [0.25, 0.3) is 0 Å². The van der Waals surface area contributed by atoms with Crippen LogP contribution in [0.2, 0.25) is 0 Å². The van der Waals surface area contributed by atoms with Gasteiger partial charge in [0.15, 0.2) is 11.7 Å². The average molecular weight is 385 g/mol. The van der Waals surface area contributed by atoms with Gasteiger partial charge >= 0.3 is 0 Å². The molecule has 0 aliphatic rings. The van der Waals surface area contributed by atoms with E-state index in [4.69, 9.17) is 18.9 Å². The van der Waals surface area contributed by atoms with Crippen LogP contribution in [-0.2, 0) is 12.8 Å². The van der Waals surface area contributed by atoms with Gasteiger partial charge in [0.2, 0.25) is 0 Å². The van der Waals surface area contributed by atoms with Crippen LogP contribution in [0, 0.1) is 0 Å². The first kappa shape index (κ1) is 18.8. The number of hydrogen-bond acceptors (Lipinski definition) is 4. The predicted molar refractivity (Wildman–Crippen MR) is 114 cm³/mol. The molecule has 0 spiro atoms. The topological polar surface area (TPSA) is 44.5 Å². The maximum absolute atomic E-state index is 6.25. The van der Waals surface area contributed by atoms with Crippen molar-refractivity contribution in [2.45, 2.75) is 12.8 Å². The zero-order valence-corrected chi connectivity index (χ0v) is 16.6. The Morgan fingerprint density at radius 3 is 1.97 bits per heavy atom. The van der Waals surface area contributed by atoms with Crippen LogP contribution in [0.4, 0.5) is 0 Å². The summed E-state index contributed by atoms with van der Waals surface area (Å²) < 4.78 is 17.5. The molecule has 29 heavy (non-hydrogen) atoms. The summed E-state index contributed by atoms with van der Waals surface area (Å²) in [5.74, 6) is 2.81. The normalized spacial score (nSPS) is 10.7. The first-order valence-electron chi connectivity index (χ1n) is 9.60. The van der Waals surface area contributed by atoms with Crippen molar-refractivity contribution < 1.29 is 13.9 Å². The summed E-state index contributed by atoms with van der Waals surface area (Å²) in [6, 6.07) is 26.1. The number of hydrogen-bond donors (Lipinski definition) is 0. The third kappa shape index (κ3) is 4.02. The summed E-state index contributed by atoms with van der Waals surface area (Å²) in [6.45, 7) is 0. The molecular weight excluding hydrogens is 362 g/mol. The minimum Gasteiger partial charge on any atom is -0.496 e. The summed E-state index contributed by atoms with van der Waals surface area (Å²) in [7, 11) is 3.30. The lowest BCUT2D eigenvalue weighted by molar-refractivity contribution is 0.397. The highest BCUT2D eigenvalue weighted by Crippen LogP contribution is 2.43. The van der Waals surface area contributed by atoms with Crippen LogP contribution >= 0.6 is 0 Å². The Morgan fingerprint density at radius 1 is 0.724 bits per heavy atom. The number of oxazole rings is 1. The molecule has 1 aromatic heterocycles. The molecule has 0 N–H and O–H groups in total. The highest BCUT2D eigenvalue weighted by Gasteiger charge is 2.23. The molecule has 0 saturated heterocycles. The molecule has 0 unspecified atom stereocenters. The van der Waals surface area contributed by atoms with E-state index in [2.05, 4.69) is 12.1 Å². The number of nitrogens with zero attached hydrogens (tertiary/aromatic N) is 1. The van der Waals surface area contributed by atoms with E-state index in [1.807, 2.05) is 66.7 Å². The lowest BCUT2D eigenvalue weighted by atomic mass is 10.0. The van der Waals surface area contributed by atoms with Gasteiger partial charge in [-0.3, -0.25) is 0 Å². The van der Waals surface area contributed by atoms with Gasteiger partial charge in [-0.05, 0) is 24.1 Å². The lowest BCUT2D eigenvalue weighted by Gasteiger charge is -2.12. The van der Waals surface area contributed by atoms with E-state index in [-0.39, 0.29) is 0 Å². The molecule has 4 rings (SSSR count). The van der Waals surface area contributed by atoms with E-state index in [1.165, 1.54) is 5.56 Å². The number of rotatable bonds is 7. The van der Waals surface area contributed by atoms with E-state index in [0.29, 0.717) is 23.8 Å². The summed E-state index contributed by atoms with van der Waals surface area (Å²) in [6.07, 6.45) is 1.57. The second-order valence-corrected chi connectivity index (χ2v) is 6.67. The van der Waals surface area contributed by atoms with Crippen molar-refractivity contribution in [2.24, 2.45) is 0 Å². The summed E-state index contributed by atoms with van der Waals surface area (Å²) in [5, 5.41) is 0. The largest absolute Gasteiger partial charge is 0.496 e. The Balaban J connectivity index is 1.79. The fourth-order valence-electron chi connectivity index (χ4n) is 3.41. The van der Waals surface area contributed by atoms with Crippen LogP contribution in [0.15, 0.2) is 83.3 Å². The average Bonchev–Trinajstić information content (AvgIpc) is 3.22. The number of benzene rings is 3. The highest BCUT2D eigenvalue weighted by molar-refractivity contribution is 5.84. The standard InChI is InChI=1S/C25H23NO3/c1-27-20-14-9-15-21(28-2)23(20)24-25(19-12-7-4-8-13-19)29-22(26-24)17-16-18-10-5-3-6-11-18/h3-15H,16-17H2,1-2H3. The first-order valence-corrected chi connectivity index (χ1v) is 9.60. The second kappa shape index (κ2) is 8.65. The van der Waals surface area contributed by atoms with Crippen LogP contribution < -0.4 is 9.47 Å². The summed E-state index contributed by atoms with van der Waals surface area (Å²) in [5.41, 5.74) is 3.75. The molecule has 1 heterocycles. The lowest BCUT2D eigenvalue weighted by Crippen LogP contribution is -1.95. The van der Waals surface area contributed by atoms with E-state index < -0.39 is 0 Å². The Morgan fingerprint density at radius 2 is 1.34 bits per heavy atom. The van der Waals surface area contributed by atoms with Crippen LogP contribution in [0.25, 0.3) is 22.6 Å². The van der Waals surface area contributed by atoms with Crippen molar-refractivity contribution in [3.63, 3.8) is 0 Å². The third-order valence-corrected chi connectivity index (χ3v) is 4.84. The monoisotopic (exact) mass is 385 g/mol. The molecule has 0 fully saturated rings. The Bertz CT molecular complexity index is 1050. The molecule has 3 aromatic carbocycles. The molecule has 0 atom stereocenters. The number of aromatic nitrogens is 1. The van der Waals surface area contributed by atoms with Gasteiger partial charge in [-0.1, -0.05) is 66.7 Å². The smallest absolute Gasteiger partial charge is 0.195 e. The van der Waals surface area contributed by atoms with Crippen molar-refractivity contribution in [2.75, 3.05) is 14.2 Å². The van der Waals surface area contributed by atoms with Crippen LogP contribution in [-0.4, -0.2) is 19.2 Å². The van der Waals surface area contributed by atoms with Crippen LogP contribution in [0.1, 0.15) is 11.5 Å². The van der Waals surface area contributed by atoms with Gasteiger partial charge < -0.3 is 13.9 Å². The first-order chi connectivity index (χ1) is 14.3. The van der Waals surface area contributed by atoms with Gasteiger partial charge in [-0.2, -0.15) is 0 Å². The van der Waals surface area contributed by atoms with Crippen molar-refractivity contribution in [3.05, 3.63) is 90.3 Å². The molecular formula is C25H23NO3. The number of aryl methyl sites for hydroxylation is 2. The van der Waals surface area contributed by atoms with Crippen molar-refractivity contribution in [1.29, 1.82) is 0 Å². The molecule has 0 saturated carbocycles. The molecule has 4 nitrogen and oxygen atoms in total.